The molecule has 0 unspecified atom stereocenters. The topological polar surface area (TPSA) is 85.5 Å². The Morgan fingerprint density at radius 1 is 1.25 bits per heavy atom. The van der Waals surface area contributed by atoms with E-state index in [1.54, 1.807) is 11.8 Å². The summed E-state index contributed by atoms with van der Waals surface area (Å²) in [5.74, 6) is 1.34. The van der Waals surface area contributed by atoms with E-state index in [0.29, 0.717) is 19.6 Å². The molecular formula is C18H24N4O3S3. The zero-order chi connectivity index (χ0) is 19.6. The number of rotatable bonds is 6. The van der Waals surface area contributed by atoms with Gasteiger partial charge >= 0.3 is 0 Å². The van der Waals surface area contributed by atoms with Gasteiger partial charge in [0.15, 0.2) is 0 Å². The normalized spacial score (nSPS) is 18.7. The van der Waals surface area contributed by atoms with Crippen LogP contribution in [0.2, 0.25) is 0 Å². The highest BCUT2D eigenvalue weighted by molar-refractivity contribution is 7.99. The number of aromatic amines is 1. The van der Waals surface area contributed by atoms with Crippen molar-refractivity contribution in [3.8, 4) is 0 Å². The van der Waals surface area contributed by atoms with Gasteiger partial charge < -0.3 is 10.3 Å². The second kappa shape index (κ2) is 8.58. The van der Waals surface area contributed by atoms with Crippen molar-refractivity contribution in [2.45, 2.75) is 17.9 Å². The summed E-state index contributed by atoms with van der Waals surface area (Å²) in [7, 11) is -3.53. The number of amides is 1. The Morgan fingerprint density at radius 3 is 2.89 bits per heavy atom. The molecule has 0 aromatic carbocycles. The lowest BCUT2D eigenvalue weighted by Gasteiger charge is -2.26. The third-order valence-electron chi connectivity index (χ3n) is 5.11. The van der Waals surface area contributed by atoms with Crippen LogP contribution in [0.1, 0.15) is 20.9 Å². The van der Waals surface area contributed by atoms with Gasteiger partial charge in [-0.15, -0.1) is 11.3 Å². The molecule has 0 radical (unpaired) electrons. The summed E-state index contributed by atoms with van der Waals surface area (Å²) in [6.45, 7) is 4.26. The first kappa shape index (κ1) is 20.0. The highest BCUT2D eigenvalue weighted by Crippen LogP contribution is 2.23. The van der Waals surface area contributed by atoms with Gasteiger partial charge in [-0.1, -0.05) is 0 Å². The maximum absolute atomic E-state index is 12.7. The number of H-pyrrole nitrogens is 1. The van der Waals surface area contributed by atoms with Gasteiger partial charge in [0.2, 0.25) is 10.0 Å². The van der Waals surface area contributed by atoms with Crippen LogP contribution in [-0.4, -0.2) is 72.7 Å². The fourth-order valence-electron chi connectivity index (χ4n) is 3.51. The predicted octanol–water partition coefficient (Wildman–Crippen LogP) is 1.60. The molecule has 10 heteroatoms. The van der Waals surface area contributed by atoms with Crippen LogP contribution in [0, 0.1) is 0 Å². The molecule has 0 atom stereocenters. The van der Waals surface area contributed by atoms with E-state index in [0.717, 1.165) is 37.6 Å². The molecule has 1 amide bonds. The van der Waals surface area contributed by atoms with Crippen molar-refractivity contribution >= 4 is 39.0 Å². The summed E-state index contributed by atoms with van der Waals surface area (Å²) in [5.41, 5.74) is 1.67. The second-order valence-corrected chi connectivity index (χ2v) is 11.1. The lowest BCUT2D eigenvalue weighted by Crippen LogP contribution is -2.38. The van der Waals surface area contributed by atoms with E-state index in [1.807, 2.05) is 11.3 Å². The number of sulfonamides is 1. The molecule has 2 aromatic heterocycles. The Morgan fingerprint density at radius 2 is 2.07 bits per heavy atom. The first-order valence-electron chi connectivity index (χ1n) is 9.36. The van der Waals surface area contributed by atoms with Crippen LogP contribution in [0.25, 0.3) is 0 Å². The van der Waals surface area contributed by atoms with Crippen molar-refractivity contribution in [1.29, 1.82) is 0 Å². The minimum absolute atomic E-state index is 0.158. The molecule has 4 rings (SSSR count). The number of aromatic nitrogens is 1. The van der Waals surface area contributed by atoms with Gasteiger partial charge in [-0.05, 0) is 29.5 Å². The Labute approximate surface area is 173 Å². The molecule has 0 saturated carbocycles. The van der Waals surface area contributed by atoms with E-state index in [9.17, 15) is 13.2 Å². The van der Waals surface area contributed by atoms with Gasteiger partial charge in [0, 0.05) is 61.8 Å². The minimum Gasteiger partial charge on any atom is -0.356 e. The summed E-state index contributed by atoms with van der Waals surface area (Å²) >= 11 is 3.57. The molecule has 4 heterocycles. The monoisotopic (exact) mass is 440 g/mol. The zero-order valence-corrected chi connectivity index (χ0v) is 18.0. The number of hydrogen-bond acceptors (Lipinski definition) is 6. The molecule has 28 heavy (non-hydrogen) atoms. The highest BCUT2D eigenvalue weighted by Gasteiger charge is 2.27. The standard InChI is InChI=1S/C18H24N4O3S3/c23-18(19-3-5-21-4-1-17-14(13-21)2-8-27-17)16-11-15(12-20-16)28(24,25)22-6-9-26-10-7-22/h2,8,11-12,20H,1,3-7,9-10,13H2,(H,19,23). The largest absolute Gasteiger partial charge is 0.356 e. The van der Waals surface area contributed by atoms with Crippen molar-refractivity contribution < 1.29 is 13.2 Å². The fraction of sp³-hybridized carbons (Fsp3) is 0.500. The van der Waals surface area contributed by atoms with Gasteiger partial charge in [-0.2, -0.15) is 16.1 Å². The number of nitrogens with zero attached hydrogens (tertiary/aromatic N) is 2. The van der Waals surface area contributed by atoms with E-state index >= 15 is 0 Å². The Bertz CT molecular complexity index is 932. The van der Waals surface area contributed by atoms with E-state index < -0.39 is 10.0 Å². The van der Waals surface area contributed by atoms with Crippen molar-refractivity contribution in [2.75, 3.05) is 44.2 Å². The number of nitrogens with one attached hydrogen (secondary N) is 2. The number of carbonyl (C=O) groups is 1. The van der Waals surface area contributed by atoms with Gasteiger partial charge in [0.05, 0.1) is 0 Å². The Hall–Kier alpha value is -1.33. The average Bonchev–Trinajstić information content (AvgIpc) is 3.38. The van der Waals surface area contributed by atoms with Gasteiger partial charge in [-0.25, -0.2) is 8.42 Å². The molecule has 152 valence electrons. The fourth-order valence-corrected chi connectivity index (χ4v) is 6.97. The molecule has 0 bridgehead atoms. The highest BCUT2D eigenvalue weighted by atomic mass is 32.2. The van der Waals surface area contributed by atoms with Crippen LogP contribution >= 0.6 is 23.1 Å². The zero-order valence-electron chi connectivity index (χ0n) is 15.5. The van der Waals surface area contributed by atoms with E-state index in [2.05, 4.69) is 26.6 Å². The molecule has 2 aromatic rings. The maximum Gasteiger partial charge on any atom is 0.267 e. The predicted molar refractivity (Wildman–Crippen MR) is 113 cm³/mol. The lowest BCUT2D eigenvalue weighted by atomic mass is 10.1. The summed E-state index contributed by atoms with van der Waals surface area (Å²) in [6, 6.07) is 3.61. The van der Waals surface area contributed by atoms with E-state index in [-0.39, 0.29) is 16.5 Å². The van der Waals surface area contributed by atoms with E-state index in [4.69, 9.17) is 0 Å². The van der Waals surface area contributed by atoms with Crippen LogP contribution in [0.5, 0.6) is 0 Å². The van der Waals surface area contributed by atoms with Gasteiger partial charge in [0.25, 0.3) is 5.91 Å². The number of fused-ring (bicyclic) bond motifs is 1. The molecule has 1 fully saturated rings. The molecule has 2 N–H and O–H groups in total. The smallest absolute Gasteiger partial charge is 0.267 e. The first-order chi connectivity index (χ1) is 13.5. The number of thiophene rings is 1. The molecule has 2 aliphatic rings. The van der Waals surface area contributed by atoms with Crippen molar-refractivity contribution in [1.82, 2.24) is 19.5 Å². The Kier molecular flexibility index (Phi) is 6.12. The SMILES string of the molecule is O=C(NCCN1CCc2sccc2C1)c1cc(S(=O)(=O)N2CCSCC2)c[nH]1. The summed E-state index contributed by atoms with van der Waals surface area (Å²) in [5, 5.41) is 5.02. The second-order valence-electron chi connectivity index (χ2n) is 6.92. The molecular weight excluding hydrogens is 416 g/mol. The lowest BCUT2D eigenvalue weighted by molar-refractivity contribution is 0.0943. The molecule has 1 saturated heterocycles. The summed E-state index contributed by atoms with van der Waals surface area (Å²) in [4.78, 5) is 19.2. The first-order valence-corrected chi connectivity index (χ1v) is 12.8. The number of thioether (sulfide) groups is 1. The average molecular weight is 441 g/mol. The molecule has 7 nitrogen and oxygen atoms in total. The third-order valence-corrected chi connectivity index (χ3v) is 8.95. The van der Waals surface area contributed by atoms with Gasteiger partial charge in [-0.3, -0.25) is 9.69 Å². The van der Waals surface area contributed by atoms with Crippen LogP contribution in [0.4, 0.5) is 0 Å². The summed E-state index contributed by atoms with van der Waals surface area (Å²) in [6.07, 6.45) is 2.47. The molecule has 0 spiro atoms. The third kappa shape index (κ3) is 4.30. The molecule has 0 aliphatic carbocycles. The quantitative estimate of drug-likeness (QED) is 0.713. The Balaban J connectivity index is 1.30. The minimum atomic E-state index is -3.53. The van der Waals surface area contributed by atoms with Gasteiger partial charge in [0.1, 0.15) is 10.6 Å². The van der Waals surface area contributed by atoms with Crippen LogP contribution in [0.3, 0.4) is 0 Å². The molecule has 2 aliphatic heterocycles. The van der Waals surface area contributed by atoms with Crippen molar-refractivity contribution in [3.63, 3.8) is 0 Å². The van der Waals surface area contributed by atoms with Crippen molar-refractivity contribution in [2.24, 2.45) is 0 Å². The van der Waals surface area contributed by atoms with Crippen LogP contribution < -0.4 is 5.32 Å². The van der Waals surface area contributed by atoms with Crippen molar-refractivity contribution in [3.05, 3.63) is 39.8 Å². The summed E-state index contributed by atoms with van der Waals surface area (Å²) < 4.78 is 26.9. The van der Waals surface area contributed by atoms with E-state index in [1.165, 1.54) is 27.0 Å². The van der Waals surface area contributed by atoms with Crippen LogP contribution in [0.15, 0.2) is 28.6 Å². The number of hydrogen-bond donors (Lipinski definition) is 2. The number of carbonyl (C=O) groups excluding carboxylic acids is 1. The van der Waals surface area contributed by atoms with Crippen LogP contribution in [-0.2, 0) is 23.0 Å². The maximum atomic E-state index is 12.7.